The van der Waals surface area contributed by atoms with E-state index in [0.717, 1.165) is 12.4 Å². The predicted molar refractivity (Wildman–Crippen MR) is 65.5 cm³/mol. The highest BCUT2D eigenvalue weighted by atomic mass is 16.2. The number of rotatable bonds is 3. The number of carbonyl (C=O) groups excluding carboxylic acids is 1. The number of aryl methyl sites for hydroxylation is 1. The molecule has 2 N–H and O–H groups in total. The van der Waals surface area contributed by atoms with Crippen LogP contribution in [0, 0.1) is 11.8 Å². The molecule has 1 aliphatic carbocycles. The highest BCUT2D eigenvalue weighted by Crippen LogP contribution is 2.37. The van der Waals surface area contributed by atoms with Crippen LogP contribution >= 0.6 is 0 Å². The molecule has 0 bridgehead atoms. The number of nitrogens with one attached hydrogen (secondary N) is 2. The van der Waals surface area contributed by atoms with Crippen molar-refractivity contribution >= 4 is 5.91 Å². The molecule has 3 rings (SSSR count). The van der Waals surface area contributed by atoms with Crippen molar-refractivity contribution in [3.05, 3.63) is 12.2 Å². The summed E-state index contributed by atoms with van der Waals surface area (Å²) < 4.78 is 1.82. The summed E-state index contributed by atoms with van der Waals surface area (Å²) in [5, 5.41) is 14.1. The van der Waals surface area contributed by atoms with Gasteiger partial charge in [-0.3, -0.25) is 4.79 Å². The molecule has 18 heavy (non-hydrogen) atoms. The van der Waals surface area contributed by atoms with E-state index in [1.165, 1.54) is 19.3 Å². The summed E-state index contributed by atoms with van der Waals surface area (Å²) in [4.78, 5) is 12.2. The molecule has 6 heteroatoms. The summed E-state index contributed by atoms with van der Waals surface area (Å²) in [6, 6.07) is -0.00859. The molecule has 0 spiro atoms. The van der Waals surface area contributed by atoms with Crippen molar-refractivity contribution in [2.45, 2.75) is 31.8 Å². The van der Waals surface area contributed by atoms with Crippen molar-refractivity contribution in [1.82, 2.24) is 25.4 Å². The average molecular weight is 249 g/mol. The van der Waals surface area contributed by atoms with Gasteiger partial charge >= 0.3 is 0 Å². The van der Waals surface area contributed by atoms with Gasteiger partial charge in [-0.25, -0.2) is 0 Å². The normalized spacial score (nSPS) is 30.4. The van der Waals surface area contributed by atoms with E-state index in [1.807, 2.05) is 11.6 Å². The summed E-state index contributed by atoms with van der Waals surface area (Å²) in [6.07, 6.45) is 5.36. The van der Waals surface area contributed by atoms with Crippen molar-refractivity contribution in [3.63, 3.8) is 0 Å². The SMILES string of the molecule is Cn1cnnc1CNC(=O)C1NCC2CCCC21. The van der Waals surface area contributed by atoms with Crippen LogP contribution in [0.5, 0.6) is 0 Å². The minimum absolute atomic E-state index is 0.00859. The summed E-state index contributed by atoms with van der Waals surface area (Å²) in [5.41, 5.74) is 0. The highest BCUT2D eigenvalue weighted by Gasteiger charge is 2.42. The minimum Gasteiger partial charge on any atom is -0.347 e. The van der Waals surface area contributed by atoms with E-state index in [4.69, 9.17) is 0 Å². The Morgan fingerprint density at radius 2 is 2.50 bits per heavy atom. The monoisotopic (exact) mass is 249 g/mol. The van der Waals surface area contributed by atoms with E-state index in [2.05, 4.69) is 20.8 Å². The van der Waals surface area contributed by atoms with Gasteiger partial charge in [-0.2, -0.15) is 0 Å². The van der Waals surface area contributed by atoms with Gasteiger partial charge in [0.05, 0.1) is 12.6 Å². The molecule has 1 aromatic rings. The van der Waals surface area contributed by atoms with E-state index in [9.17, 15) is 4.79 Å². The Labute approximate surface area is 106 Å². The standard InChI is InChI=1S/C12H19N5O/c1-17-7-15-16-10(17)6-14-12(18)11-9-4-2-3-8(9)5-13-11/h7-9,11,13H,2-6H2,1H3,(H,14,18). The van der Waals surface area contributed by atoms with Crippen LogP contribution in [0.3, 0.4) is 0 Å². The van der Waals surface area contributed by atoms with Gasteiger partial charge in [0, 0.05) is 7.05 Å². The Hall–Kier alpha value is -1.43. The number of amides is 1. The molecule has 6 nitrogen and oxygen atoms in total. The van der Waals surface area contributed by atoms with E-state index >= 15 is 0 Å². The maximum absolute atomic E-state index is 12.2. The van der Waals surface area contributed by atoms with Crippen LogP contribution in [0.4, 0.5) is 0 Å². The van der Waals surface area contributed by atoms with Crippen LogP contribution in [-0.4, -0.2) is 33.3 Å². The van der Waals surface area contributed by atoms with Crippen molar-refractivity contribution in [1.29, 1.82) is 0 Å². The Bertz CT molecular complexity index is 443. The number of aromatic nitrogens is 3. The molecule has 0 radical (unpaired) electrons. The molecule has 1 saturated carbocycles. The zero-order chi connectivity index (χ0) is 12.5. The lowest BCUT2D eigenvalue weighted by atomic mass is 9.94. The third-order valence-electron chi connectivity index (χ3n) is 4.25. The lowest BCUT2D eigenvalue weighted by molar-refractivity contribution is -0.124. The second kappa shape index (κ2) is 4.68. The van der Waals surface area contributed by atoms with Gasteiger partial charge in [0.2, 0.25) is 5.91 Å². The third kappa shape index (κ3) is 2.01. The van der Waals surface area contributed by atoms with Crippen molar-refractivity contribution in [2.75, 3.05) is 6.54 Å². The topological polar surface area (TPSA) is 71.8 Å². The first kappa shape index (κ1) is 11.6. The maximum Gasteiger partial charge on any atom is 0.237 e. The van der Waals surface area contributed by atoms with E-state index in [0.29, 0.717) is 18.4 Å². The quantitative estimate of drug-likeness (QED) is 0.779. The van der Waals surface area contributed by atoms with Crippen LogP contribution < -0.4 is 10.6 Å². The number of nitrogens with zero attached hydrogens (tertiary/aromatic N) is 3. The largest absolute Gasteiger partial charge is 0.347 e. The van der Waals surface area contributed by atoms with Gasteiger partial charge in [-0.1, -0.05) is 6.42 Å². The van der Waals surface area contributed by atoms with Crippen LogP contribution in [0.2, 0.25) is 0 Å². The van der Waals surface area contributed by atoms with E-state index < -0.39 is 0 Å². The fourth-order valence-electron chi connectivity index (χ4n) is 3.22. The first-order valence-corrected chi connectivity index (χ1v) is 6.59. The molecular weight excluding hydrogens is 230 g/mol. The fraction of sp³-hybridized carbons (Fsp3) is 0.750. The number of hydrogen-bond acceptors (Lipinski definition) is 4. The van der Waals surface area contributed by atoms with Crippen molar-refractivity contribution < 1.29 is 4.79 Å². The molecule has 3 unspecified atom stereocenters. The second-order valence-electron chi connectivity index (χ2n) is 5.32. The van der Waals surface area contributed by atoms with Gasteiger partial charge in [0.25, 0.3) is 0 Å². The van der Waals surface area contributed by atoms with Crippen molar-refractivity contribution in [3.8, 4) is 0 Å². The fourth-order valence-corrected chi connectivity index (χ4v) is 3.22. The van der Waals surface area contributed by atoms with Crippen LogP contribution in [0.25, 0.3) is 0 Å². The molecule has 0 aromatic carbocycles. The van der Waals surface area contributed by atoms with Gasteiger partial charge in [-0.05, 0) is 31.2 Å². The Balaban J connectivity index is 1.57. The predicted octanol–water partition coefficient (Wildman–Crippen LogP) is -0.181. The van der Waals surface area contributed by atoms with Gasteiger partial charge in [0.15, 0.2) is 5.82 Å². The second-order valence-corrected chi connectivity index (χ2v) is 5.32. The number of hydrogen-bond donors (Lipinski definition) is 2. The van der Waals surface area contributed by atoms with E-state index in [1.54, 1.807) is 6.33 Å². The average Bonchev–Trinajstić information content (AvgIpc) is 3.01. The molecule has 1 aliphatic heterocycles. The molecule has 1 saturated heterocycles. The zero-order valence-corrected chi connectivity index (χ0v) is 10.6. The van der Waals surface area contributed by atoms with Crippen molar-refractivity contribution in [2.24, 2.45) is 18.9 Å². The lowest BCUT2D eigenvalue weighted by Crippen LogP contribution is -2.43. The lowest BCUT2D eigenvalue weighted by Gasteiger charge is -2.17. The molecule has 3 atom stereocenters. The van der Waals surface area contributed by atoms with Crippen LogP contribution in [0.15, 0.2) is 6.33 Å². The molecule has 2 fully saturated rings. The Morgan fingerprint density at radius 3 is 3.28 bits per heavy atom. The molecule has 1 amide bonds. The van der Waals surface area contributed by atoms with Crippen LogP contribution in [-0.2, 0) is 18.4 Å². The maximum atomic E-state index is 12.2. The molecule has 98 valence electrons. The smallest absolute Gasteiger partial charge is 0.237 e. The molecule has 2 aliphatic rings. The minimum atomic E-state index is -0.00859. The number of carbonyl (C=O) groups is 1. The summed E-state index contributed by atoms with van der Waals surface area (Å²) >= 11 is 0. The summed E-state index contributed by atoms with van der Waals surface area (Å²) in [7, 11) is 1.88. The van der Waals surface area contributed by atoms with E-state index in [-0.39, 0.29) is 11.9 Å². The molecular formula is C12H19N5O. The Kier molecular flexibility index (Phi) is 3.03. The molecule has 2 heterocycles. The van der Waals surface area contributed by atoms with Gasteiger partial charge < -0.3 is 15.2 Å². The third-order valence-corrected chi connectivity index (χ3v) is 4.25. The number of fused-ring (bicyclic) bond motifs is 1. The summed E-state index contributed by atoms with van der Waals surface area (Å²) in [6.45, 7) is 1.44. The highest BCUT2D eigenvalue weighted by molar-refractivity contribution is 5.82. The Morgan fingerprint density at radius 1 is 1.61 bits per heavy atom. The first-order valence-electron chi connectivity index (χ1n) is 6.59. The van der Waals surface area contributed by atoms with Crippen LogP contribution in [0.1, 0.15) is 25.1 Å². The summed E-state index contributed by atoms with van der Waals surface area (Å²) in [5.74, 6) is 2.12. The molecule has 1 aromatic heterocycles. The van der Waals surface area contributed by atoms with Gasteiger partial charge in [0.1, 0.15) is 6.33 Å². The zero-order valence-electron chi connectivity index (χ0n) is 10.6. The van der Waals surface area contributed by atoms with Gasteiger partial charge in [-0.15, -0.1) is 10.2 Å². The first-order chi connectivity index (χ1) is 8.75.